The standard InChI is InChI=1S/C21H23ClN2O3/c1-2-15-3-5-17(6-4-15)21(25)24-9-7-23(8-10-24)13-16-11-18(22)20-19(12-16)26-14-27-20/h3-6,11-12H,2,7-10,13-14H2,1H3. The zero-order valence-electron chi connectivity index (χ0n) is 15.4. The van der Waals surface area contributed by atoms with Gasteiger partial charge in [0.05, 0.1) is 5.02 Å². The first-order valence-corrected chi connectivity index (χ1v) is 9.70. The Morgan fingerprint density at radius 3 is 2.48 bits per heavy atom. The molecule has 5 nitrogen and oxygen atoms in total. The molecule has 27 heavy (non-hydrogen) atoms. The third-order valence-electron chi connectivity index (χ3n) is 5.16. The van der Waals surface area contributed by atoms with Crippen molar-refractivity contribution in [1.29, 1.82) is 0 Å². The minimum atomic E-state index is 0.114. The number of carbonyl (C=O) groups is 1. The van der Waals surface area contributed by atoms with Crippen molar-refractivity contribution in [2.45, 2.75) is 19.9 Å². The van der Waals surface area contributed by atoms with E-state index < -0.39 is 0 Å². The molecule has 1 saturated heterocycles. The molecule has 2 aliphatic rings. The highest BCUT2D eigenvalue weighted by molar-refractivity contribution is 6.32. The molecule has 0 atom stereocenters. The minimum absolute atomic E-state index is 0.114. The van der Waals surface area contributed by atoms with Gasteiger partial charge in [0.2, 0.25) is 6.79 Å². The second-order valence-electron chi connectivity index (χ2n) is 6.93. The summed E-state index contributed by atoms with van der Waals surface area (Å²) in [6.07, 6.45) is 0.983. The van der Waals surface area contributed by atoms with Crippen LogP contribution in [0, 0.1) is 0 Å². The van der Waals surface area contributed by atoms with Gasteiger partial charge < -0.3 is 14.4 Å². The highest BCUT2D eigenvalue weighted by Crippen LogP contribution is 2.40. The Labute approximate surface area is 164 Å². The Balaban J connectivity index is 1.35. The van der Waals surface area contributed by atoms with Gasteiger partial charge in [-0.1, -0.05) is 30.7 Å². The smallest absolute Gasteiger partial charge is 0.253 e. The van der Waals surface area contributed by atoms with Crippen LogP contribution in [0.4, 0.5) is 0 Å². The topological polar surface area (TPSA) is 42.0 Å². The lowest BCUT2D eigenvalue weighted by Crippen LogP contribution is -2.48. The van der Waals surface area contributed by atoms with E-state index in [0.717, 1.165) is 50.3 Å². The van der Waals surface area contributed by atoms with Gasteiger partial charge in [-0.25, -0.2) is 0 Å². The van der Waals surface area contributed by atoms with Gasteiger partial charge in [-0.3, -0.25) is 9.69 Å². The van der Waals surface area contributed by atoms with E-state index in [9.17, 15) is 4.79 Å². The number of ether oxygens (including phenoxy) is 2. The van der Waals surface area contributed by atoms with Gasteiger partial charge in [-0.2, -0.15) is 0 Å². The molecule has 0 aromatic heterocycles. The number of amides is 1. The van der Waals surface area contributed by atoms with Crippen LogP contribution in [-0.2, 0) is 13.0 Å². The monoisotopic (exact) mass is 386 g/mol. The molecule has 0 radical (unpaired) electrons. The molecule has 142 valence electrons. The maximum atomic E-state index is 12.7. The van der Waals surface area contributed by atoms with Crippen molar-refractivity contribution < 1.29 is 14.3 Å². The summed E-state index contributed by atoms with van der Waals surface area (Å²) in [5.41, 5.74) is 3.11. The van der Waals surface area contributed by atoms with Gasteiger partial charge in [-0.05, 0) is 41.8 Å². The van der Waals surface area contributed by atoms with Crippen LogP contribution in [0.5, 0.6) is 11.5 Å². The zero-order chi connectivity index (χ0) is 18.8. The molecule has 1 amide bonds. The SMILES string of the molecule is CCc1ccc(C(=O)N2CCN(Cc3cc(Cl)c4c(c3)OCO4)CC2)cc1. The summed E-state index contributed by atoms with van der Waals surface area (Å²) in [6.45, 7) is 6.25. The van der Waals surface area contributed by atoms with Gasteiger partial charge in [-0.15, -0.1) is 0 Å². The molecule has 1 fully saturated rings. The molecule has 0 spiro atoms. The maximum Gasteiger partial charge on any atom is 0.253 e. The van der Waals surface area contributed by atoms with E-state index in [1.165, 1.54) is 5.56 Å². The van der Waals surface area contributed by atoms with Crippen LogP contribution in [0.1, 0.15) is 28.4 Å². The summed E-state index contributed by atoms with van der Waals surface area (Å²) in [7, 11) is 0. The zero-order valence-corrected chi connectivity index (χ0v) is 16.2. The van der Waals surface area contributed by atoms with Crippen LogP contribution < -0.4 is 9.47 Å². The molecule has 0 saturated carbocycles. The molecule has 2 aromatic carbocycles. The van der Waals surface area contributed by atoms with Crippen LogP contribution in [-0.4, -0.2) is 48.7 Å². The van der Waals surface area contributed by atoms with E-state index in [-0.39, 0.29) is 12.7 Å². The molecule has 0 aliphatic carbocycles. The summed E-state index contributed by atoms with van der Waals surface area (Å²) in [5, 5.41) is 0.587. The number of rotatable bonds is 4. The molecule has 2 heterocycles. The summed E-state index contributed by atoms with van der Waals surface area (Å²) in [4.78, 5) is 17.0. The van der Waals surface area contributed by atoms with Crippen molar-refractivity contribution in [2.24, 2.45) is 0 Å². The lowest BCUT2D eigenvalue weighted by molar-refractivity contribution is 0.0628. The van der Waals surface area contributed by atoms with Crippen molar-refractivity contribution in [3.8, 4) is 11.5 Å². The summed E-state index contributed by atoms with van der Waals surface area (Å²) >= 11 is 6.27. The molecule has 2 aromatic rings. The first-order chi connectivity index (χ1) is 13.1. The molecule has 0 bridgehead atoms. The maximum absolute atomic E-state index is 12.7. The quantitative estimate of drug-likeness (QED) is 0.805. The second kappa shape index (κ2) is 7.79. The first kappa shape index (κ1) is 18.1. The number of hydrogen-bond donors (Lipinski definition) is 0. The van der Waals surface area contributed by atoms with Gasteiger partial charge in [0, 0.05) is 38.3 Å². The fraction of sp³-hybridized carbons (Fsp3) is 0.381. The van der Waals surface area contributed by atoms with E-state index in [1.807, 2.05) is 41.3 Å². The average molecular weight is 387 g/mol. The van der Waals surface area contributed by atoms with Gasteiger partial charge >= 0.3 is 0 Å². The van der Waals surface area contributed by atoms with Crippen molar-refractivity contribution in [1.82, 2.24) is 9.80 Å². The summed E-state index contributed by atoms with van der Waals surface area (Å²) in [5.74, 6) is 1.45. The molecule has 2 aliphatic heterocycles. The predicted octanol–water partition coefficient (Wildman–Crippen LogP) is 3.59. The minimum Gasteiger partial charge on any atom is -0.454 e. The Morgan fingerprint density at radius 1 is 1.04 bits per heavy atom. The number of aryl methyl sites for hydroxylation is 1. The van der Waals surface area contributed by atoms with Crippen molar-refractivity contribution in [3.63, 3.8) is 0 Å². The summed E-state index contributed by atoms with van der Waals surface area (Å²) in [6, 6.07) is 11.9. The van der Waals surface area contributed by atoms with Crippen molar-refractivity contribution in [2.75, 3.05) is 33.0 Å². The first-order valence-electron chi connectivity index (χ1n) is 9.32. The fourth-order valence-corrected chi connectivity index (χ4v) is 3.83. The molecule has 0 N–H and O–H groups in total. The molecular weight excluding hydrogens is 364 g/mol. The number of nitrogens with zero attached hydrogens (tertiary/aromatic N) is 2. The summed E-state index contributed by atoms with van der Waals surface area (Å²) < 4.78 is 10.8. The number of fused-ring (bicyclic) bond motifs is 1. The molecular formula is C21H23ClN2O3. The predicted molar refractivity (Wildman–Crippen MR) is 105 cm³/mol. The van der Waals surface area contributed by atoms with Crippen LogP contribution in [0.3, 0.4) is 0 Å². The Kier molecular flexibility index (Phi) is 5.23. The Bertz CT molecular complexity index is 830. The van der Waals surface area contributed by atoms with Gasteiger partial charge in [0.15, 0.2) is 11.5 Å². The fourth-order valence-electron chi connectivity index (χ4n) is 3.54. The largest absolute Gasteiger partial charge is 0.454 e. The van der Waals surface area contributed by atoms with Crippen LogP contribution in [0.15, 0.2) is 36.4 Å². The normalized spacial score (nSPS) is 16.6. The van der Waals surface area contributed by atoms with E-state index in [1.54, 1.807) is 0 Å². The van der Waals surface area contributed by atoms with Crippen LogP contribution >= 0.6 is 11.6 Å². The molecule has 4 rings (SSSR count). The van der Waals surface area contributed by atoms with Crippen LogP contribution in [0.2, 0.25) is 5.02 Å². The van der Waals surface area contributed by atoms with E-state index in [2.05, 4.69) is 11.8 Å². The second-order valence-corrected chi connectivity index (χ2v) is 7.34. The van der Waals surface area contributed by atoms with E-state index >= 15 is 0 Å². The lowest BCUT2D eigenvalue weighted by Gasteiger charge is -2.34. The molecule has 6 heteroatoms. The van der Waals surface area contributed by atoms with Crippen molar-refractivity contribution >= 4 is 17.5 Å². The number of benzene rings is 2. The average Bonchev–Trinajstić information content (AvgIpc) is 3.17. The Morgan fingerprint density at radius 2 is 1.78 bits per heavy atom. The highest BCUT2D eigenvalue weighted by atomic mass is 35.5. The number of halogens is 1. The molecule has 0 unspecified atom stereocenters. The number of carbonyl (C=O) groups excluding carboxylic acids is 1. The van der Waals surface area contributed by atoms with E-state index in [0.29, 0.717) is 16.5 Å². The van der Waals surface area contributed by atoms with Crippen molar-refractivity contribution in [3.05, 3.63) is 58.1 Å². The number of piperazine rings is 1. The Hall–Kier alpha value is -2.24. The third kappa shape index (κ3) is 3.89. The van der Waals surface area contributed by atoms with Gasteiger partial charge in [0.1, 0.15) is 0 Å². The lowest BCUT2D eigenvalue weighted by atomic mass is 10.1. The highest BCUT2D eigenvalue weighted by Gasteiger charge is 2.23. The third-order valence-corrected chi connectivity index (χ3v) is 5.44. The van der Waals surface area contributed by atoms with E-state index in [4.69, 9.17) is 21.1 Å². The number of hydrogen-bond acceptors (Lipinski definition) is 4. The van der Waals surface area contributed by atoms with Gasteiger partial charge in [0.25, 0.3) is 5.91 Å². The van der Waals surface area contributed by atoms with Crippen LogP contribution in [0.25, 0.3) is 0 Å².